The summed E-state index contributed by atoms with van der Waals surface area (Å²) in [6.45, 7) is 4.05. The number of aryl methyl sites for hydroxylation is 2. The predicted molar refractivity (Wildman–Crippen MR) is 95.6 cm³/mol. The molecule has 0 saturated carbocycles. The number of hydrogen-bond donors (Lipinski definition) is 2. The fourth-order valence-corrected chi connectivity index (χ4v) is 2.45. The third-order valence-corrected chi connectivity index (χ3v) is 3.51. The molecule has 0 bridgehead atoms. The largest absolute Gasteiger partial charge is 0.339 e. The minimum absolute atomic E-state index is 0.320. The van der Waals surface area contributed by atoms with Crippen LogP contribution in [0.3, 0.4) is 0 Å². The molecule has 0 radical (unpaired) electrons. The number of nitrogens with one attached hydrogen (secondary N) is 2. The van der Waals surface area contributed by atoms with Crippen molar-refractivity contribution in [3.8, 4) is 0 Å². The third kappa shape index (κ3) is 4.38. The molecule has 2 aromatic carbocycles. The quantitative estimate of drug-likeness (QED) is 0.748. The van der Waals surface area contributed by atoms with Gasteiger partial charge < -0.3 is 10.6 Å². The molecule has 1 amide bonds. The van der Waals surface area contributed by atoms with Gasteiger partial charge in [-0.1, -0.05) is 6.07 Å². The Labute approximate surface area is 144 Å². The smallest absolute Gasteiger partial charge is 0.256 e. The van der Waals surface area contributed by atoms with Gasteiger partial charge in [0.15, 0.2) is 11.6 Å². The Bertz CT molecular complexity index is 872. The molecule has 0 aliphatic heterocycles. The van der Waals surface area contributed by atoms with E-state index in [-0.39, 0.29) is 5.91 Å². The molecule has 0 aliphatic carbocycles. The van der Waals surface area contributed by atoms with Crippen LogP contribution in [0.4, 0.5) is 21.7 Å². The van der Waals surface area contributed by atoms with E-state index in [1.807, 2.05) is 26.0 Å². The summed E-state index contributed by atoms with van der Waals surface area (Å²) in [5, 5.41) is 13.8. The van der Waals surface area contributed by atoms with Gasteiger partial charge in [0.05, 0.1) is 0 Å². The molecule has 0 saturated heterocycles. The molecular weight excluding hydrogens is 319 g/mol. The lowest BCUT2D eigenvalue weighted by Gasteiger charge is -2.08. The van der Waals surface area contributed by atoms with Crippen LogP contribution in [-0.4, -0.2) is 16.1 Å². The van der Waals surface area contributed by atoms with E-state index in [1.54, 1.807) is 12.1 Å². The Morgan fingerprint density at radius 2 is 1.48 bits per heavy atom. The van der Waals surface area contributed by atoms with Gasteiger partial charge in [-0.05, 0) is 73.5 Å². The SMILES string of the molecule is Cc1cc(C)cc(Nc2ccc(NC(=O)c3ccc(F)cc3)nn2)c1. The lowest BCUT2D eigenvalue weighted by Crippen LogP contribution is -2.13. The zero-order chi connectivity index (χ0) is 17.8. The van der Waals surface area contributed by atoms with Crippen LogP contribution < -0.4 is 10.6 Å². The molecule has 0 spiro atoms. The number of anilines is 3. The van der Waals surface area contributed by atoms with E-state index in [1.165, 1.54) is 24.3 Å². The molecule has 3 rings (SSSR count). The Morgan fingerprint density at radius 1 is 0.880 bits per heavy atom. The number of carbonyl (C=O) groups excluding carboxylic acids is 1. The van der Waals surface area contributed by atoms with E-state index in [0.717, 1.165) is 16.8 Å². The first-order valence-electron chi connectivity index (χ1n) is 7.75. The van der Waals surface area contributed by atoms with Crippen LogP contribution in [0, 0.1) is 19.7 Å². The average Bonchev–Trinajstić information content (AvgIpc) is 2.56. The van der Waals surface area contributed by atoms with Crippen LogP contribution in [0.1, 0.15) is 21.5 Å². The van der Waals surface area contributed by atoms with E-state index in [4.69, 9.17) is 0 Å². The summed E-state index contributed by atoms with van der Waals surface area (Å²) >= 11 is 0. The molecule has 0 aliphatic rings. The maximum absolute atomic E-state index is 12.9. The summed E-state index contributed by atoms with van der Waals surface area (Å²) in [5.41, 5.74) is 3.58. The summed E-state index contributed by atoms with van der Waals surface area (Å²) in [6, 6.07) is 14.8. The molecule has 5 nitrogen and oxygen atoms in total. The fourth-order valence-electron chi connectivity index (χ4n) is 2.45. The van der Waals surface area contributed by atoms with Crippen molar-refractivity contribution in [1.82, 2.24) is 10.2 Å². The maximum Gasteiger partial charge on any atom is 0.256 e. The van der Waals surface area contributed by atoms with Gasteiger partial charge in [0.2, 0.25) is 0 Å². The predicted octanol–water partition coefficient (Wildman–Crippen LogP) is 4.23. The second-order valence-electron chi connectivity index (χ2n) is 5.77. The Kier molecular flexibility index (Phi) is 4.70. The molecule has 2 N–H and O–H groups in total. The highest BCUT2D eigenvalue weighted by atomic mass is 19.1. The molecular formula is C19H17FN4O. The molecule has 6 heteroatoms. The van der Waals surface area contributed by atoms with Crippen molar-refractivity contribution in [2.45, 2.75) is 13.8 Å². The summed E-state index contributed by atoms with van der Waals surface area (Å²) in [7, 11) is 0. The van der Waals surface area contributed by atoms with Crippen LogP contribution in [0.15, 0.2) is 54.6 Å². The second kappa shape index (κ2) is 7.09. The van der Waals surface area contributed by atoms with Gasteiger partial charge in [-0.3, -0.25) is 4.79 Å². The van der Waals surface area contributed by atoms with Crippen LogP contribution >= 0.6 is 0 Å². The molecule has 1 heterocycles. The number of nitrogens with zero attached hydrogens (tertiary/aromatic N) is 2. The van der Waals surface area contributed by atoms with E-state index >= 15 is 0 Å². The molecule has 1 aromatic heterocycles. The minimum Gasteiger partial charge on any atom is -0.339 e. The van der Waals surface area contributed by atoms with E-state index < -0.39 is 5.82 Å². The average molecular weight is 336 g/mol. The van der Waals surface area contributed by atoms with Gasteiger partial charge in [0, 0.05) is 11.3 Å². The van der Waals surface area contributed by atoms with Crippen molar-refractivity contribution in [3.05, 3.63) is 77.1 Å². The molecule has 0 unspecified atom stereocenters. The zero-order valence-electron chi connectivity index (χ0n) is 13.9. The van der Waals surface area contributed by atoms with Crippen LogP contribution in [0.25, 0.3) is 0 Å². The number of halogens is 1. The van der Waals surface area contributed by atoms with Gasteiger partial charge in [0.25, 0.3) is 5.91 Å². The molecule has 0 atom stereocenters. The summed E-state index contributed by atoms with van der Waals surface area (Å²) < 4.78 is 12.9. The molecule has 3 aromatic rings. The van der Waals surface area contributed by atoms with E-state index in [9.17, 15) is 9.18 Å². The van der Waals surface area contributed by atoms with E-state index in [2.05, 4.69) is 26.9 Å². The van der Waals surface area contributed by atoms with Gasteiger partial charge >= 0.3 is 0 Å². The van der Waals surface area contributed by atoms with Crippen molar-refractivity contribution < 1.29 is 9.18 Å². The van der Waals surface area contributed by atoms with Gasteiger partial charge in [-0.25, -0.2) is 4.39 Å². The van der Waals surface area contributed by atoms with Crippen LogP contribution in [0.5, 0.6) is 0 Å². The highest BCUT2D eigenvalue weighted by Crippen LogP contribution is 2.18. The standard InChI is InChI=1S/C19H17FN4O/c1-12-9-13(2)11-16(10-12)21-17-7-8-18(24-23-17)22-19(25)14-3-5-15(20)6-4-14/h3-11H,1-2H3,(H,21,23)(H,22,24,25). The van der Waals surface area contributed by atoms with Gasteiger partial charge in [-0.2, -0.15) is 0 Å². The molecule has 126 valence electrons. The number of aromatic nitrogens is 2. The number of amides is 1. The van der Waals surface area contributed by atoms with Gasteiger partial charge in [0.1, 0.15) is 5.82 Å². The first kappa shape index (κ1) is 16.6. The van der Waals surface area contributed by atoms with Crippen LogP contribution in [-0.2, 0) is 0 Å². The fraction of sp³-hybridized carbons (Fsp3) is 0.105. The Hall–Kier alpha value is -3.28. The highest BCUT2D eigenvalue weighted by Gasteiger charge is 2.07. The van der Waals surface area contributed by atoms with Crippen molar-refractivity contribution in [1.29, 1.82) is 0 Å². The van der Waals surface area contributed by atoms with E-state index in [0.29, 0.717) is 17.2 Å². The minimum atomic E-state index is -0.391. The third-order valence-electron chi connectivity index (χ3n) is 3.51. The number of rotatable bonds is 4. The summed E-state index contributed by atoms with van der Waals surface area (Å²) in [5.74, 6) is 0.132. The topological polar surface area (TPSA) is 66.9 Å². The van der Waals surface area contributed by atoms with Crippen LogP contribution in [0.2, 0.25) is 0 Å². The Balaban J connectivity index is 1.67. The Morgan fingerprint density at radius 3 is 2.08 bits per heavy atom. The number of hydrogen-bond acceptors (Lipinski definition) is 4. The van der Waals surface area contributed by atoms with Crippen molar-refractivity contribution in [3.63, 3.8) is 0 Å². The number of benzene rings is 2. The second-order valence-corrected chi connectivity index (χ2v) is 5.77. The lowest BCUT2D eigenvalue weighted by molar-refractivity contribution is 0.102. The van der Waals surface area contributed by atoms with Crippen molar-refractivity contribution in [2.24, 2.45) is 0 Å². The summed E-state index contributed by atoms with van der Waals surface area (Å²) in [6.07, 6.45) is 0. The monoisotopic (exact) mass is 336 g/mol. The summed E-state index contributed by atoms with van der Waals surface area (Å²) in [4.78, 5) is 12.1. The maximum atomic E-state index is 12.9. The van der Waals surface area contributed by atoms with Gasteiger partial charge in [-0.15, -0.1) is 10.2 Å². The normalized spacial score (nSPS) is 10.4. The molecule has 0 fully saturated rings. The first-order chi connectivity index (χ1) is 12.0. The first-order valence-corrected chi connectivity index (χ1v) is 7.75. The zero-order valence-corrected chi connectivity index (χ0v) is 13.9. The van der Waals surface area contributed by atoms with Crippen molar-refractivity contribution >= 4 is 23.2 Å². The number of carbonyl (C=O) groups is 1. The molecule has 25 heavy (non-hydrogen) atoms. The lowest BCUT2D eigenvalue weighted by atomic mass is 10.1. The highest BCUT2D eigenvalue weighted by molar-refractivity contribution is 6.03. The van der Waals surface area contributed by atoms with Crippen molar-refractivity contribution in [2.75, 3.05) is 10.6 Å².